The summed E-state index contributed by atoms with van der Waals surface area (Å²) in [5.41, 5.74) is 5.40. The van der Waals surface area contributed by atoms with E-state index in [0.717, 1.165) is 53.9 Å². The van der Waals surface area contributed by atoms with Gasteiger partial charge >= 0.3 is 5.97 Å². The number of allylic oxidation sites excluding steroid dienone is 1. The number of nitrogens with one attached hydrogen (secondary N) is 1. The molecule has 1 saturated heterocycles. The maximum absolute atomic E-state index is 13.3. The maximum Gasteiger partial charge on any atom is 0.337 e. The summed E-state index contributed by atoms with van der Waals surface area (Å²) in [6.45, 7) is 15.3. The Hall–Kier alpha value is -4.24. The lowest BCUT2D eigenvalue weighted by molar-refractivity contribution is -0.160. The van der Waals surface area contributed by atoms with E-state index < -0.39 is 17.7 Å². The summed E-state index contributed by atoms with van der Waals surface area (Å²) in [6, 6.07) is 14.3. The van der Waals surface area contributed by atoms with Gasteiger partial charge in [0.05, 0.1) is 24.4 Å². The van der Waals surface area contributed by atoms with Gasteiger partial charge in [0.2, 0.25) is 0 Å². The number of rotatable bonds is 12. The number of piperidine rings is 1. The van der Waals surface area contributed by atoms with Crippen LogP contribution in [0.3, 0.4) is 0 Å². The molecule has 250 valence electrons. The molecule has 2 aromatic carbocycles. The second-order valence-corrected chi connectivity index (χ2v) is 14.2. The fourth-order valence-electron chi connectivity index (χ4n) is 6.02. The lowest BCUT2D eigenvalue weighted by atomic mass is 9.82. The number of aromatic nitrogens is 1. The molecule has 2 aliphatic heterocycles. The number of ether oxygens (including phenoxy) is 2. The fraction of sp³-hybridized carbons (Fsp3) is 0.447. The number of aryl methyl sites for hydroxylation is 1. The molecule has 47 heavy (non-hydrogen) atoms. The van der Waals surface area contributed by atoms with Crippen molar-refractivity contribution in [2.75, 3.05) is 43.0 Å². The van der Waals surface area contributed by atoms with Gasteiger partial charge in [-0.05, 0) is 93.0 Å². The molecule has 0 radical (unpaired) electrons. The maximum atomic E-state index is 13.3. The molecule has 2 aliphatic rings. The Balaban J connectivity index is 1.57. The van der Waals surface area contributed by atoms with E-state index in [4.69, 9.17) is 14.5 Å². The first kappa shape index (κ1) is 34.1. The van der Waals surface area contributed by atoms with Crippen molar-refractivity contribution < 1.29 is 23.8 Å². The first-order chi connectivity index (χ1) is 22.3. The Morgan fingerprint density at radius 2 is 1.77 bits per heavy atom. The van der Waals surface area contributed by atoms with E-state index in [2.05, 4.69) is 29.1 Å². The highest BCUT2D eigenvalue weighted by molar-refractivity contribution is 5.92. The molecule has 2 N–H and O–H groups in total. The van der Waals surface area contributed by atoms with Crippen molar-refractivity contribution in [3.8, 4) is 16.9 Å². The average molecular weight is 643 g/mol. The molecule has 1 aromatic heterocycles. The van der Waals surface area contributed by atoms with Crippen molar-refractivity contribution in [3.63, 3.8) is 0 Å². The second-order valence-electron chi connectivity index (χ2n) is 14.2. The van der Waals surface area contributed by atoms with Gasteiger partial charge in [-0.15, -0.1) is 0 Å². The van der Waals surface area contributed by atoms with Crippen molar-refractivity contribution in [2.45, 2.75) is 72.5 Å². The number of halogens is 1. The lowest BCUT2D eigenvalue weighted by Gasteiger charge is -2.41. The third-order valence-corrected chi connectivity index (χ3v) is 8.70. The Kier molecular flexibility index (Phi) is 10.3. The summed E-state index contributed by atoms with van der Waals surface area (Å²) < 4.78 is 25.6. The van der Waals surface area contributed by atoms with Gasteiger partial charge in [-0.3, -0.25) is 4.99 Å². The van der Waals surface area contributed by atoms with Crippen LogP contribution < -0.4 is 15.0 Å². The Morgan fingerprint density at radius 1 is 1.09 bits per heavy atom. The SMILES string of the molecule is Cc1nc(NCC2=CC=NC2)c(-c2ccc(OCCc3ccc(F)cc3)cc2)c(N2CCC(C)(C)CC2)c1[C@H](OC(C)(C)C)C(=O)O. The van der Waals surface area contributed by atoms with E-state index in [1.165, 1.54) is 12.1 Å². The van der Waals surface area contributed by atoms with E-state index in [9.17, 15) is 14.3 Å². The summed E-state index contributed by atoms with van der Waals surface area (Å²) in [7, 11) is 0. The van der Waals surface area contributed by atoms with E-state index >= 15 is 0 Å². The van der Waals surface area contributed by atoms with Crippen molar-refractivity contribution in [1.29, 1.82) is 0 Å². The zero-order valence-corrected chi connectivity index (χ0v) is 28.4. The molecule has 9 heteroatoms. The summed E-state index contributed by atoms with van der Waals surface area (Å²) in [4.78, 5) is 24.6. The van der Waals surface area contributed by atoms with Crippen molar-refractivity contribution in [1.82, 2.24) is 4.98 Å². The first-order valence-corrected chi connectivity index (χ1v) is 16.4. The highest BCUT2D eigenvalue weighted by atomic mass is 19.1. The number of carbonyl (C=O) groups is 1. The van der Waals surface area contributed by atoms with Crippen LogP contribution in [-0.4, -0.2) is 60.7 Å². The predicted molar refractivity (Wildman–Crippen MR) is 186 cm³/mol. The molecule has 3 aromatic rings. The molecule has 5 rings (SSSR count). The van der Waals surface area contributed by atoms with Crippen LogP contribution in [0.5, 0.6) is 5.75 Å². The minimum atomic E-state index is -1.21. The lowest BCUT2D eigenvalue weighted by Crippen LogP contribution is -2.39. The van der Waals surface area contributed by atoms with Gasteiger partial charge in [-0.2, -0.15) is 0 Å². The number of aliphatic carboxylic acids is 1. The molecule has 1 atom stereocenters. The Bertz CT molecular complexity index is 1620. The normalized spacial score (nSPS) is 16.6. The average Bonchev–Trinajstić information content (AvgIpc) is 3.54. The van der Waals surface area contributed by atoms with Crippen molar-refractivity contribution in [2.24, 2.45) is 10.4 Å². The fourth-order valence-corrected chi connectivity index (χ4v) is 6.02. The summed E-state index contributed by atoms with van der Waals surface area (Å²) >= 11 is 0. The van der Waals surface area contributed by atoms with Crippen LogP contribution in [0.25, 0.3) is 11.1 Å². The van der Waals surface area contributed by atoms with Crippen LogP contribution in [0.4, 0.5) is 15.9 Å². The number of carboxylic acids is 1. The molecule has 0 spiro atoms. The number of benzene rings is 2. The van der Waals surface area contributed by atoms with Crippen LogP contribution in [0.1, 0.15) is 70.4 Å². The minimum Gasteiger partial charge on any atom is -0.493 e. The van der Waals surface area contributed by atoms with Gasteiger partial charge in [0, 0.05) is 49.1 Å². The predicted octanol–water partition coefficient (Wildman–Crippen LogP) is 7.81. The third kappa shape index (κ3) is 8.77. The smallest absolute Gasteiger partial charge is 0.337 e. The number of pyridine rings is 1. The quantitative estimate of drug-likeness (QED) is 0.208. The molecule has 0 unspecified atom stereocenters. The van der Waals surface area contributed by atoms with Gasteiger partial charge < -0.3 is 24.8 Å². The van der Waals surface area contributed by atoms with E-state index in [0.29, 0.717) is 48.9 Å². The largest absolute Gasteiger partial charge is 0.493 e. The topological polar surface area (TPSA) is 96.3 Å². The van der Waals surface area contributed by atoms with Crippen molar-refractivity contribution >= 4 is 23.7 Å². The minimum absolute atomic E-state index is 0.190. The number of hydrogen-bond donors (Lipinski definition) is 2. The Labute approximate surface area is 277 Å². The second kappa shape index (κ2) is 14.3. The standard InChI is InChI=1S/C38H47FN4O4/c1-25-31(34(36(44)45)47-37(2,3)4)33(43-20-17-38(5,6)18-21-43)32(35(42-25)41-24-27-15-19-40-23-27)28-9-13-30(14-10-28)46-22-16-26-7-11-29(39)12-8-26/h7-15,19,34H,16-18,20-24H2,1-6H3,(H,41,42)(H,44,45)/t34-/m0/s1. The van der Waals surface area contributed by atoms with Crippen molar-refractivity contribution in [3.05, 3.63) is 82.8 Å². The van der Waals surface area contributed by atoms with Crippen LogP contribution in [0.15, 0.2) is 65.2 Å². The van der Waals surface area contributed by atoms with Crippen LogP contribution in [-0.2, 0) is 16.0 Å². The third-order valence-electron chi connectivity index (χ3n) is 8.70. The number of carboxylic acid groups (broad SMARTS) is 1. The molecule has 8 nitrogen and oxygen atoms in total. The molecule has 0 saturated carbocycles. The zero-order valence-electron chi connectivity index (χ0n) is 28.4. The number of hydrogen-bond acceptors (Lipinski definition) is 7. The van der Waals surface area contributed by atoms with Gasteiger partial charge in [0.25, 0.3) is 0 Å². The first-order valence-electron chi connectivity index (χ1n) is 16.4. The summed E-state index contributed by atoms with van der Waals surface area (Å²) in [5.74, 6) is 0.0881. The van der Waals surface area contributed by atoms with E-state index in [1.54, 1.807) is 12.1 Å². The molecular weight excluding hydrogens is 595 g/mol. The van der Waals surface area contributed by atoms with E-state index in [1.807, 2.05) is 64.3 Å². The molecule has 0 amide bonds. The number of aliphatic imine (C=N–C) groups is 1. The van der Waals surface area contributed by atoms with Crippen LogP contribution in [0.2, 0.25) is 0 Å². The van der Waals surface area contributed by atoms with Crippen LogP contribution in [0, 0.1) is 18.2 Å². The number of nitrogens with zero attached hydrogens (tertiary/aromatic N) is 3. The summed E-state index contributed by atoms with van der Waals surface area (Å²) in [6.07, 6.45) is 5.22. The van der Waals surface area contributed by atoms with Gasteiger partial charge in [0.1, 0.15) is 17.4 Å². The van der Waals surface area contributed by atoms with E-state index in [-0.39, 0.29) is 11.2 Å². The monoisotopic (exact) mass is 642 g/mol. The zero-order chi connectivity index (χ0) is 33.8. The van der Waals surface area contributed by atoms with Gasteiger partial charge in [0.15, 0.2) is 6.10 Å². The van der Waals surface area contributed by atoms with Gasteiger partial charge in [-0.1, -0.05) is 38.1 Å². The molecule has 0 aliphatic carbocycles. The Morgan fingerprint density at radius 3 is 2.36 bits per heavy atom. The molecular formula is C38H47FN4O4. The highest BCUT2D eigenvalue weighted by Crippen LogP contribution is 2.46. The van der Waals surface area contributed by atoms with Gasteiger partial charge in [-0.25, -0.2) is 14.2 Å². The molecule has 1 fully saturated rings. The van der Waals surface area contributed by atoms with Crippen LogP contribution >= 0.6 is 0 Å². The molecule has 3 heterocycles. The number of anilines is 2. The highest BCUT2D eigenvalue weighted by Gasteiger charge is 2.37. The molecule has 0 bridgehead atoms. The summed E-state index contributed by atoms with van der Waals surface area (Å²) in [5, 5.41) is 14.1.